The van der Waals surface area contributed by atoms with E-state index in [9.17, 15) is 13.2 Å². The molecule has 2 N–H and O–H groups in total. The maximum Gasteiger partial charge on any atom is 0.389 e. The Bertz CT molecular complexity index is 336. The molecular formula is C11H16F3NO2. The smallest absolute Gasteiger partial charge is 0.389 e. The first-order chi connectivity index (χ1) is 7.92. The molecular weight excluding hydrogens is 235 g/mol. The fraction of sp³-hybridized carbons (Fsp3) is 0.636. The van der Waals surface area contributed by atoms with Crippen LogP contribution < -0.4 is 5.73 Å². The lowest BCUT2D eigenvalue weighted by atomic mass is 10.2. The number of hydrogen-bond acceptors (Lipinski definition) is 3. The summed E-state index contributed by atoms with van der Waals surface area (Å²) in [6.45, 7) is 1.97. The van der Waals surface area contributed by atoms with Crippen LogP contribution in [0.4, 0.5) is 13.2 Å². The normalized spacial score (nSPS) is 13.9. The van der Waals surface area contributed by atoms with Crippen molar-refractivity contribution in [3.63, 3.8) is 0 Å². The fourth-order valence-electron chi connectivity index (χ4n) is 1.39. The number of alkyl halides is 3. The number of furan rings is 1. The molecule has 0 aliphatic carbocycles. The minimum Gasteiger partial charge on any atom is -0.464 e. The maximum atomic E-state index is 11.9. The number of ether oxygens (including phenoxy) is 1. The molecule has 0 fully saturated rings. The van der Waals surface area contributed by atoms with Gasteiger partial charge in [0.15, 0.2) is 0 Å². The molecule has 1 heterocycles. The molecule has 0 spiro atoms. The lowest BCUT2D eigenvalue weighted by Crippen LogP contribution is -2.17. The molecule has 0 amide bonds. The number of hydrogen-bond donors (Lipinski definition) is 1. The Hall–Kier alpha value is -1.01. The molecule has 0 aromatic carbocycles. The third kappa shape index (κ3) is 5.23. The zero-order valence-corrected chi connectivity index (χ0v) is 9.59. The summed E-state index contributed by atoms with van der Waals surface area (Å²) in [7, 11) is 0. The van der Waals surface area contributed by atoms with Gasteiger partial charge in [-0.1, -0.05) is 0 Å². The summed E-state index contributed by atoms with van der Waals surface area (Å²) in [5.41, 5.74) is 5.47. The van der Waals surface area contributed by atoms with Crippen LogP contribution in [-0.4, -0.2) is 19.3 Å². The molecule has 1 rings (SSSR count). The molecule has 6 heteroatoms. The van der Waals surface area contributed by atoms with Gasteiger partial charge < -0.3 is 14.9 Å². The molecule has 0 radical (unpaired) electrons. The second-order valence-electron chi connectivity index (χ2n) is 3.76. The summed E-state index contributed by atoms with van der Waals surface area (Å²) in [5.74, 6) is 1.27. The van der Waals surface area contributed by atoms with Gasteiger partial charge in [0, 0.05) is 19.6 Å². The summed E-state index contributed by atoms with van der Waals surface area (Å²) < 4.78 is 46.2. The third-order valence-corrected chi connectivity index (χ3v) is 2.22. The average molecular weight is 251 g/mol. The Morgan fingerprint density at radius 3 is 2.59 bits per heavy atom. The maximum absolute atomic E-state index is 11.9. The Morgan fingerprint density at radius 2 is 2.12 bits per heavy atom. The van der Waals surface area contributed by atoms with Crippen LogP contribution >= 0.6 is 0 Å². The van der Waals surface area contributed by atoms with Crippen LogP contribution in [-0.2, 0) is 4.74 Å². The lowest BCUT2D eigenvalue weighted by Gasteiger charge is -2.14. The summed E-state index contributed by atoms with van der Waals surface area (Å²) in [4.78, 5) is 0. The zero-order valence-electron chi connectivity index (χ0n) is 9.59. The van der Waals surface area contributed by atoms with Crippen molar-refractivity contribution in [2.45, 2.75) is 32.0 Å². The van der Waals surface area contributed by atoms with E-state index < -0.39 is 18.7 Å². The van der Waals surface area contributed by atoms with E-state index in [1.165, 1.54) is 0 Å². The van der Waals surface area contributed by atoms with Crippen molar-refractivity contribution in [3.8, 4) is 0 Å². The molecule has 1 aromatic heterocycles. The van der Waals surface area contributed by atoms with E-state index in [-0.39, 0.29) is 19.6 Å². The number of rotatable bonds is 6. The van der Waals surface area contributed by atoms with E-state index in [2.05, 4.69) is 0 Å². The molecule has 1 aromatic rings. The molecule has 0 aliphatic rings. The molecule has 1 unspecified atom stereocenters. The van der Waals surface area contributed by atoms with Crippen LogP contribution in [0.25, 0.3) is 0 Å². The van der Waals surface area contributed by atoms with E-state index in [1.54, 1.807) is 19.1 Å². The Balaban J connectivity index is 2.33. The van der Waals surface area contributed by atoms with Gasteiger partial charge in [-0.25, -0.2) is 0 Å². The lowest BCUT2D eigenvalue weighted by molar-refractivity contribution is -0.139. The highest BCUT2D eigenvalue weighted by atomic mass is 19.4. The molecule has 0 saturated carbocycles. The van der Waals surface area contributed by atoms with Crippen molar-refractivity contribution in [1.82, 2.24) is 0 Å². The first-order valence-electron chi connectivity index (χ1n) is 5.37. The molecule has 0 aliphatic heterocycles. The largest absolute Gasteiger partial charge is 0.464 e. The minimum absolute atomic E-state index is 0.0150. The Kier molecular flexibility index (Phi) is 5.02. The van der Waals surface area contributed by atoms with E-state index in [1.807, 2.05) is 0 Å². The van der Waals surface area contributed by atoms with E-state index in [4.69, 9.17) is 14.9 Å². The molecule has 3 nitrogen and oxygen atoms in total. The van der Waals surface area contributed by atoms with E-state index >= 15 is 0 Å². The van der Waals surface area contributed by atoms with Crippen LogP contribution in [0.3, 0.4) is 0 Å². The van der Waals surface area contributed by atoms with Crippen molar-refractivity contribution in [3.05, 3.63) is 23.7 Å². The average Bonchev–Trinajstić information content (AvgIpc) is 2.63. The SMILES string of the molecule is Cc1ccc(C(CN)OCCCC(F)(F)F)o1. The highest BCUT2D eigenvalue weighted by molar-refractivity contribution is 5.08. The first-order valence-corrected chi connectivity index (χ1v) is 5.37. The van der Waals surface area contributed by atoms with Crippen molar-refractivity contribution in [1.29, 1.82) is 0 Å². The summed E-state index contributed by atoms with van der Waals surface area (Å²) in [6, 6.07) is 3.48. The van der Waals surface area contributed by atoms with Crippen LogP contribution in [0.2, 0.25) is 0 Å². The van der Waals surface area contributed by atoms with Crippen LogP contribution in [0.5, 0.6) is 0 Å². The van der Waals surface area contributed by atoms with E-state index in [0.29, 0.717) is 5.76 Å². The minimum atomic E-state index is -4.14. The zero-order chi connectivity index (χ0) is 12.9. The van der Waals surface area contributed by atoms with Crippen molar-refractivity contribution >= 4 is 0 Å². The van der Waals surface area contributed by atoms with Gasteiger partial charge in [0.05, 0.1) is 0 Å². The summed E-state index contributed by atoms with van der Waals surface area (Å²) >= 11 is 0. The van der Waals surface area contributed by atoms with Gasteiger partial charge in [0.2, 0.25) is 0 Å². The van der Waals surface area contributed by atoms with Crippen molar-refractivity contribution < 1.29 is 22.3 Å². The van der Waals surface area contributed by atoms with Gasteiger partial charge in [-0.3, -0.25) is 0 Å². The Labute approximate surface area is 97.7 Å². The van der Waals surface area contributed by atoms with Gasteiger partial charge in [-0.05, 0) is 25.5 Å². The number of aryl methyl sites for hydroxylation is 1. The molecule has 1 atom stereocenters. The predicted molar refractivity (Wildman–Crippen MR) is 56.5 cm³/mol. The standard InChI is InChI=1S/C11H16F3NO2/c1-8-3-4-9(17-8)10(7-15)16-6-2-5-11(12,13)14/h3-4,10H,2,5-7,15H2,1H3. The number of halogens is 3. The quantitative estimate of drug-likeness (QED) is 0.791. The monoisotopic (exact) mass is 251 g/mol. The van der Waals surface area contributed by atoms with Gasteiger partial charge in [-0.2, -0.15) is 13.2 Å². The second-order valence-corrected chi connectivity index (χ2v) is 3.76. The molecule has 17 heavy (non-hydrogen) atoms. The van der Waals surface area contributed by atoms with Crippen molar-refractivity contribution in [2.24, 2.45) is 5.73 Å². The van der Waals surface area contributed by atoms with Crippen molar-refractivity contribution in [2.75, 3.05) is 13.2 Å². The first kappa shape index (κ1) is 14.1. The van der Waals surface area contributed by atoms with Gasteiger partial charge in [-0.15, -0.1) is 0 Å². The molecule has 0 bridgehead atoms. The highest BCUT2D eigenvalue weighted by Crippen LogP contribution is 2.23. The van der Waals surface area contributed by atoms with E-state index in [0.717, 1.165) is 5.76 Å². The van der Waals surface area contributed by atoms with Gasteiger partial charge >= 0.3 is 6.18 Å². The third-order valence-electron chi connectivity index (χ3n) is 2.22. The topological polar surface area (TPSA) is 48.4 Å². The molecule has 0 saturated heterocycles. The van der Waals surface area contributed by atoms with Crippen LogP contribution in [0.15, 0.2) is 16.5 Å². The van der Waals surface area contributed by atoms with Crippen LogP contribution in [0.1, 0.15) is 30.5 Å². The Morgan fingerprint density at radius 1 is 1.41 bits per heavy atom. The highest BCUT2D eigenvalue weighted by Gasteiger charge is 2.26. The summed E-state index contributed by atoms with van der Waals surface area (Å²) in [5, 5.41) is 0. The second kappa shape index (κ2) is 6.07. The fourth-order valence-corrected chi connectivity index (χ4v) is 1.39. The number of nitrogens with two attached hydrogens (primary N) is 1. The predicted octanol–water partition coefficient (Wildman–Crippen LogP) is 2.95. The van der Waals surface area contributed by atoms with Crippen LogP contribution in [0, 0.1) is 6.92 Å². The van der Waals surface area contributed by atoms with Gasteiger partial charge in [0.25, 0.3) is 0 Å². The van der Waals surface area contributed by atoms with Gasteiger partial charge in [0.1, 0.15) is 17.6 Å². The summed E-state index contributed by atoms with van der Waals surface area (Å²) in [6.07, 6.45) is -5.53. The molecule has 98 valence electrons.